The summed E-state index contributed by atoms with van der Waals surface area (Å²) in [5, 5.41) is 0. The summed E-state index contributed by atoms with van der Waals surface area (Å²) < 4.78 is 5.29. The van der Waals surface area contributed by atoms with Gasteiger partial charge in [0.05, 0.1) is 6.61 Å². The lowest BCUT2D eigenvalue weighted by molar-refractivity contribution is -0.144. The number of carbonyl (C=O) groups is 1. The number of ether oxygens (including phenoxy) is 1. The van der Waals surface area contributed by atoms with Crippen LogP contribution in [0.3, 0.4) is 0 Å². The summed E-state index contributed by atoms with van der Waals surface area (Å²) in [7, 11) is 0. The molecule has 2 heteroatoms. The normalized spacial score (nSPS) is 34.7. The summed E-state index contributed by atoms with van der Waals surface area (Å²) in [5.74, 6) is 3.59. The maximum Gasteiger partial charge on any atom is 0.302 e. The van der Waals surface area contributed by atoms with E-state index in [0.29, 0.717) is 12.5 Å². The Labute approximate surface area is 117 Å². The van der Waals surface area contributed by atoms with E-state index in [1.54, 1.807) is 5.57 Å². The number of carbonyl (C=O) groups excluding carboxylic acids is 1. The molecule has 1 fully saturated rings. The van der Waals surface area contributed by atoms with Gasteiger partial charge in [-0.3, -0.25) is 4.79 Å². The van der Waals surface area contributed by atoms with Crippen molar-refractivity contribution < 1.29 is 9.53 Å². The van der Waals surface area contributed by atoms with Gasteiger partial charge in [-0.15, -0.1) is 0 Å². The van der Waals surface area contributed by atoms with E-state index >= 15 is 0 Å². The van der Waals surface area contributed by atoms with Gasteiger partial charge in [-0.05, 0) is 62.2 Å². The number of esters is 1. The Morgan fingerprint density at radius 2 is 2.11 bits per heavy atom. The molecule has 0 spiro atoms. The molecule has 0 saturated heterocycles. The van der Waals surface area contributed by atoms with Crippen LogP contribution in [0.15, 0.2) is 11.6 Å². The van der Waals surface area contributed by atoms with E-state index in [1.165, 1.54) is 32.6 Å². The summed E-state index contributed by atoms with van der Waals surface area (Å²) >= 11 is 0. The van der Waals surface area contributed by atoms with Crippen molar-refractivity contribution in [2.75, 3.05) is 6.61 Å². The minimum absolute atomic E-state index is 0.134. The molecule has 108 valence electrons. The first-order chi connectivity index (χ1) is 8.99. The molecule has 0 heterocycles. The predicted molar refractivity (Wildman–Crippen MR) is 77.7 cm³/mol. The van der Waals surface area contributed by atoms with E-state index < -0.39 is 0 Å². The maximum atomic E-state index is 11.0. The summed E-state index contributed by atoms with van der Waals surface area (Å²) in [5.41, 5.74) is 1.56. The van der Waals surface area contributed by atoms with Gasteiger partial charge in [0.2, 0.25) is 0 Å². The van der Waals surface area contributed by atoms with Crippen LogP contribution in [-0.2, 0) is 9.53 Å². The van der Waals surface area contributed by atoms with Gasteiger partial charge in [0.1, 0.15) is 0 Å². The molecule has 2 aliphatic carbocycles. The first-order valence-corrected chi connectivity index (χ1v) is 7.78. The lowest BCUT2D eigenvalue weighted by atomic mass is 9.59. The fraction of sp³-hybridized carbons (Fsp3) is 0.824. The highest BCUT2D eigenvalue weighted by Crippen LogP contribution is 2.48. The molecule has 0 amide bonds. The van der Waals surface area contributed by atoms with Crippen LogP contribution in [0.4, 0.5) is 0 Å². The average Bonchev–Trinajstić information content (AvgIpc) is 2.34. The molecule has 19 heavy (non-hydrogen) atoms. The number of hydrogen-bond donors (Lipinski definition) is 0. The molecule has 4 atom stereocenters. The third-order valence-electron chi connectivity index (χ3n) is 5.23. The Balaban J connectivity index is 2.08. The zero-order valence-corrected chi connectivity index (χ0v) is 12.8. The first kappa shape index (κ1) is 14.6. The minimum Gasteiger partial charge on any atom is -0.466 e. The number of fused-ring (bicyclic) bond motifs is 1. The molecular weight excluding hydrogens is 236 g/mol. The standard InChI is InChI=1S/C17H28O2/c1-11(2)15-8-6-14(10-19-13(4)18)16-7-5-12(3)9-17(15)16/h5,11,14-17H,6-10H2,1-4H3/t14?,15?,16-,17-/m0/s1. The van der Waals surface area contributed by atoms with E-state index in [4.69, 9.17) is 4.74 Å². The fourth-order valence-electron chi connectivity index (χ4n) is 4.22. The van der Waals surface area contributed by atoms with Gasteiger partial charge in [-0.2, -0.15) is 0 Å². The number of allylic oxidation sites excluding steroid dienone is 2. The van der Waals surface area contributed by atoms with E-state index in [1.807, 2.05) is 0 Å². The van der Waals surface area contributed by atoms with Gasteiger partial charge < -0.3 is 4.74 Å². The molecule has 0 aliphatic heterocycles. The SMILES string of the molecule is CC(=O)OCC1CCC(C(C)C)[C@@H]2CC(C)=CC[C@@H]12. The molecule has 0 aromatic rings. The lowest BCUT2D eigenvalue weighted by Crippen LogP contribution is -2.40. The summed E-state index contributed by atoms with van der Waals surface area (Å²) in [6.07, 6.45) is 7.38. The van der Waals surface area contributed by atoms with Crippen molar-refractivity contribution in [3.8, 4) is 0 Å². The Kier molecular flexibility index (Phi) is 4.70. The lowest BCUT2D eigenvalue weighted by Gasteiger charge is -2.46. The van der Waals surface area contributed by atoms with Crippen LogP contribution in [0.25, 0.3) is 0 Å². The number of rotatable bonds is 3. The Bertz CT molecular complexity index is 356. The second-order valence-corrected chi connectivity index (χ2v) is 6.87. The van der Waals surface area contributed by atoms with E-state index in [2.05, 4.69) is 26.8 Å². The van der Waals surface area contributed by atoms with Gasteiger partial charge in [0, 0.05) is 6.92 Å². The molecule has 2 nitrogen and oxygen atoms in total. The third kappa shape index (κ3) is 3.40. The van der Waals surface area contributed by atoms with Crippen LogP contribution in [0.2, 0.25) is 0 Å². The fourth-order valence-corrected chi connectivity index (χ4v) is 4.22. The van der Waals surface area contributed by atoms with Crippen molar-refractivity contribution in [3.05, 3.63) is 11.6 Å². The molecule has 0 N–H and O–H groups in total. The maximum absolute atomic E-state index is 11.0. The molecular formula is C17H28O2. The second-order valence-electron chi connectivity index (χ2n) is 6.87. The topological polar surface area (TPSA) is 26.3 Å². The molecule has 2 aliphatic rings. The van der Waals surface area contributed by atoms with Crippen LogP contribution in [0.1, 0.15) is 53.4 Å². The second kappa shape index (κ2) is 6.11. The van der Waals surface area contributed by atoms with Crippen LogP contribution >= 0.6 is 0 Å². The van der Waals surface area contributed by atoms with Crippen LogP contribution in [-0.4, -0.2) is 12.6 Å². The minimum atomic E-state index is -0.134. The van der Waals surface area contributed by atoms with Gasteiger partial charge >= 0.3 is 5.97 Å². The van der Waals surface area contributed by atoms with Crippen LogP contribution < -0.4 is 0 Å². The highest BCUT2D eigenvalue weighted by atomic mass is 16.5. The molecule has 2 rings (SSSR count). The molecule has 1 saturated carbocycles. The number of hydrogen-bond acceptors (Lipinski definition) is 2. The van der Waals surface area contributed by atoms with Crippen molar-refractivity contribution >= 4 is 5.97 Å². The zero-order chi connectivity index (χ0) is 14.0. The Hall–Kier alpha value is -0.790. The van der Waals surface area contributed by atoms with Crippen LogP contribution in [0, 0.1) is 29.6 Å². The van der Waals surface area contributed by atoms with E-state index in [0.717, 1.165) is 23.7 Å². The van der Waals surface area contributed by atoms with Crippen LogP contribution in [0.5, 0.6) is 0 Å². The molecule has 2 unspecified atom stereocenters. The monoisotopic (exact) mass is 264 g/mol. The van der Waals surface area contributed by atoms with E-state index in [9.17, 15) is 4.79 Å². The summed E-state index contributed by atoms with van der Waals surface area (Å²) in [6, 6.07) is 0. The Morgan fingerprint density at radius 3 is 2.74 bits per heavy atom. The molecule has 0 aromatic heterocycles. The highest BCUT2D eigenvalue weighted by Gasteiger charge is 2.41. The zero-order valence-electron chi connectivity index (χ0n) is 12.8. The quantitative estimate of drug-likeness (QED) is 0.564. The van der Waals surface area contributed by atoms with Gasteiger partial charge in [0.25, 0.3) is 0 Å². The summed E-state index contributed by atoms with van der Waals surface area (Å²) in [6.45, 7) is 9.14. The van der Waals surface area contributed by atoms with Gasteiger partial charge in [0.15, 0.2) is 0 Å². The van der Waals surface area contributed by atoms with Crippen molar-refractivity contribution in [2.24, 2.45) is 29.6 Å². The van der Waals surface area contributed by atoms with Gasteiger partial charge in [-0.1, -0.05) is 25.5 Å². The highest BCUT2D eigenvalue weighted by molar-refractivity contribution is 5.65. The van der Waals surface area contributed by atoms with Gasteiger partial charge in [-0.25, -0.2) is 0 Å². The van der Waals surface area contributed by atoms with Crippen molar-refractivity contribution in [1.82, 2.24) is 0 Å². The predicted octanol–water partition coefficient (Wildman–Crippen LogP) is 4.20. The average molecular weight is 264 g/mol. The third-order valence-corrected chi connectivity index (χ3v) is 5.23. The largest absolute Gasteiger partial charge is 0.466 e. The molecule has 0 aromatic carbocycles. The first-order valence-electron chi connectivity index (χ1n) is 7.78. The van der Waals surface area contributed by atoms with Crippen molar-refractivity contribution in [1.29, 1.82) is 0 Å². The van der Waals surface area contributed by atoms with Crippen molar-refractivity contribution in [3.63, 3.8) is 0 Å². The molecule has 0 bridgehead atoms. The van der Waals surface area contributed by atoms with Crippen molar-refractivity contribution in [2.45, 2.75) is 53.4 Å². The molecule has 0 radical (unpaired) electrons. The van der Waals surface area contributed by atoms with E-state index in [-0.39, 0.29) is 5.97 Å². The smallest absolute Gasteiger partial charge is 0.302 e. The summed E-state index contributed by atoms with van der Waals surface area (Å²) in [4.78, 5) is 11.0. The Morgan fingerprint density at radius 1 is 1.37 bits per heavy atom.